The summed E-state index contributed by atoms with van der Waals surface area (Å²) in [5.74, 6) is -0.312. The van der Waals surface area contributed by atoms with E-state index in [0.717, 1.165) is 22.8 Å². The maximum atomic E-state index is 12.9. The molecule has 1 atom stereocenters. The highest BCUT2D eigenvalue weighted by Gasteiger charge is 2.39. The van der Waals surface area contributed by atoms with Gasteiger partial charge in [0.15, 0.2) is 0 Å². The van der Waals surface area contributed by atoms with Crippen LogP contribution in [-0.4, -0.2) is 49.8 Å². The highest BCUT2D eigenvalue weighted by Crippen LogP contribution is 2.29. The van der Waals surface area contributed by atoms with Gasteiger partial charge in [-0.25, -0.2) is 0 Å². The number of hydrogen-bond acceptors (Lipinski definition) is 6. The molecular formula is C16H20N6O2S. The Balaban J connectivity index is 1.46. The summed E-state index contributed by atoms with van der Waals surface area (Å²) in [5, 5.41) is 14.1. The molecule has 0 aromatic carbocycles. The van der Waals surface area contributed by atoms with Crippen molar-refractivity contribution in [1.82, 2.24) is 24.9 Å². The van der Waals surface area contributed by atoms with Crippen molar-refractivity contribution in [3.8, 4) is 0 Å². The predicted octanol–water partition coefficient (Wildman–Crippen LogP) is 1.00. The monoisotopic (exact) mass is 360 g/mol. The Hall–Kier alpha value is -2.29. The SMILES string of the molecule is CCc1nnc(N2CC(C(=O)N3CCn4nc(C)cc4C3)CC2=O)s1. The number of nitrogens with zero attached hydrogens (tertiary/aromatic N) is 6. The van der Waals surface area contributed by atoms with Crippen LogP contribution in [0, 0.1) is 12.8 Å². The third-order valence-corrected chi connectivity index (χ3v) is 5.79. The first-order chi connectivity index (χ1) is 12.0. The molecule has 4 rings (SSSR count). The average Bonchev–Trinajstić information content (AvgIpc) is 3.30. The Morgan fingerprint density at radius 1 is 1.36 bits per heavy atom. The number of hydrogen-bond donors (Lipinski definition) is 0. The van der Waals surface area contributed by atoms with Gasteiger partial charge in [0.2, 0.25) is 16.9 Å². The standard InChI is InChI=1S/C16H20N6O2S/c1-3-13-17-18-16(25-13)21-8-11(7-14(21)23)15(24)20-4-5-22-12(9-20)6-10(2)19-22/h6,11H,3-5,7-9H2,1-2H3. The van der Waals surface area contributed by atoms with Gasteiger partial charge in [-0.05, 0) is 19.4 Å². The van der Waals surface area contributed by atoms with Gasteiger partial charge in [-0.3, -0.25) is 19.2 Å². The molecular weight excluding hydrogens is 340 g/mol. The molecule has 0 N–H and O–H groups in total. The van der Waals surface area contributed by atoms with Gasteiger partial charge in [0.25, 0.3) is 0 Å². The summed E-state index contributed by atoms with van der Waals surface area (Å²) in [6, 6.07) is 2.01. The Morgan fingerprint density at radius 3 is 2.96 bits per heavy atom. The van der Waals surface area contributed by atoms with Crippen LogP contribution in [-0.2, 0) is 29.1 Å². The molecule has 1 saturated heterocycles. The molecule has 2 aromatic heterocycles. The Kier molecular flexibility index (Phi) is 4.03. The first-order valence-electron chi connectivity index (χ1n) is 8.50. The predicted molar refractivity (Wildman–Crippen MR) is 92.1 cm³/mol. The van der Waals surface area contributed by atoms with Gasteiger partial charge in [-0.15, -0.1) is 10.2 Å². The molecule has 1 unspecified atom stereocenters. The van der Waals surface area contributed by atoms with Crippen molar-refractivity contribution in [1.29, 1.82) is 0 Å². The zero-order valence-corrected chi connectivity index (χ0v) is 15.1. The number of aryl methyl sites for hydroxylation is 2. The quantitative estimate of drug-likeness (QED) is 0.815. The van der Waals surface area contributed by atoms with Crippen molar-refractivity contribution in [3.63, 3.8) is 0 Å². The van der Waals surface area contributed by atoms with Crippen LogP contribution in [0.5, 0.6) is 0 Å². The van der Waals surface area contributed by atoms with Gasteiger partial charge in [-0.2, -0.15) is 5.10 Å². The number of anilines is 1. The van der Waals surface area contributed by atoms with E-state index in [2.05, 4.69) is 15.3 Å². The molecule has 0 radical (unpaired) electrons. The molecule has 0 bridgehead atoms. The number of fused-ring (bicyclic) bond motifs is 1. The van der Waals surface area contributed by atoms with Crippen molar-refractivity contribution in [2.75, 3.05) is 18.0 Å². The second-order valence-electron chi connectivity index (χ2n) is 6.50. The fourth-order valence-corrected chi connectivity index (χ4v) is 4.22. The van der Waals surface area contributed by atoms with Crippen molar-refractivity contribution in [2.24, 2.45) is 5.92 Å². The maximum Gasteiger partial charge on any atom is 0.229 e. The van der Waals surface area contributed by atoms with E-state index in [4.69, 9.17) is 0 Å². The van der Waals surface area contributed by atoms with E-state index in [1.54, 1.807) is 4.90 Å². The van der Waals surface area contributed by atoms with E-state index in [0.29, 0.717) is 31.3 Å². The summed E-state index contributed by atoms with van der Waals surface area (Å²) >= 11 is 1.42. The zero-order valence-electron chi connectivity index (χ0n) is 14.3. The van der Waals surface area contributed by atoms with Crippen LogP contribution in [0.2, 0.25) is 0 Å². The van der Waals surface area contributed by atoms with Gasteiger partial charge < -0.3 is 4.90 Å². The molecule has 2 amide bonds. The second kappa shape index (κ2) is 6.21. The molecule has 2 aliphatic heterocycles. The first-order valence-corrected chi connectivity index (χ1v) is 9.31. The largest absolute Gasteiger partial charge is 0.335 e. The molecule has 132 valence electrons. The number of carbonyl (C=O) groups is 2. The minimum absolute atomic E-state index is 0.0428. The van der Waals surface area contributed by atoms with E-state index in [-0.39, 0.29) is 24.2 Å². The lowest BCUT2D eigenvalue weighted by Crippen LogP contribution is -2.42. The summed E-state index contributed by atoms with van der Waals surface area (Å²) < 4.78 is 1.96. The third-order valence-electron chi connectivity index (χ3n) is 4.70. The van der Waals surface area contributed by atoms with E-state index in [1.807, 2.05) is 29.5 Å². The van der Waals surface area contributed by atoms with Gasteiger partial charge in [0, 0.05) is 19.5 Å². The molecule has 2 aliphatic rings. The Bertz CT molecular complexity index is 828. The Morgan fingerprint density at radius 2 is 2.20 bits per heavy atom. The molecule has 0 spiro atoms. The van der Waals surface area contributed by atoms with E-state index in [9.17, 15) is 9.59 Å². The smallest absolute Gasteiger partial charge is 0.229 e. The number of carbonyl (C=O) groups excluding carboxylic acids is 2. The van der Waals surface area contributed by atoms with Crippen molar-refractivity contribution in [2.45, 2.75) is 39.8 Å². The summed E-state index contributed by atoms with van der Waals surface area (Å²) in [5.41, 5.74) is 2.02. The molecule has 8 nitrogen and oxygen atoms in total. The van der Waals surface area contributed by atoms with Crippen molar-refractivity contribution in [3.05, 3.63) is 22.5 Å². The molecule has 25 heavy (non-hydrogen) atoms. The molecule has 2 aromatic rings. The fraction of sp³-hybridized carbons (Fsp3) is 0.562. The van der Waals surface area contributed by atoms with Crippen LogP contribution in [0.25, 0.3) is 0 Å². The summed E-state index contributed by atoms with van der Waals surface area (Å²) in [7, 11) is 0. The van der Waals surface area contributed by atoms with E-state index < -0.39 is 0 Å². The van der Waals surface area contributed by atoms with E-state index in [1.165, 1.54) is 11.3 Å². The number of amides is 2. The van der Waals surface area contributed by atoms with Gasteiger partial charge >= 0.3 is 0 Å². The molecule has 1 fully saturated rings. The molecule has 9 heteroatoms. The minimum atomic E-state index is -0.308. The fourth-order valence-electron chi connectivity index (χ4n) is 3.41. The highest BCUT2D eigenvalue weighted by atomic mass is 32.1. The van der Waals surface area contributed by atoms with Crippen LogP contribution < -0.4 is 4.90 Å². The number of aromatic nitrogens is 4. The van der Waals surface area contributed by atoms with Gasteiger partial charge in [0.1, 0.15) is 5.01 Å². The molecule has 4 heterocycles. The van der Waals surface area contributed by atoms with E-state index >= 15 is 0 Å². The summed E-state index contributed by atoms with van der Waals surface area (Å²) in [6.07, 6.45) is 1.04. The van der Waals surface area contributed by atoms with Gasteiger partial charge in [-0.1, -0.05) is 18.3 Å². The van der Waals surface area contributed by atoms with Crippen LogP contribution >= 0.6 is 11.3 Å². The second-order valence-corrected chi connectivity index (χ2v) is 7.54. The highest BCUT2D eigenvalue weighted by molar-refractivity contribution is 7.15. The normalized spacial score (nSPS) is 20.2. The minimum Gasteiger partial charge on any atom is -0.335 e. The lowest BCUT2D eigenvalue weighted by molar-refractivity contribution is -0.137. The summed E-state index contributed by atoms with van der Waals surface area (Å²) in [4.78, 5) is 28.7. The van der Waals surface area contributed by atoms with Crippen molar-refractivity contribution >= 4 is 28.3 Å². The van der Waals surface area contributed by atoms with Crippen LogP contribution in [0.3, 0.4) is 0 Å². The molecule has 0 aliphatic carbocycles. The lowest BCUT2D eigenvalue weighted by atomic mass is 10.1. The maximum absolute atomic E-state index is 12.9. The van der Waals surface area contributed by atoms with Crippen LogP contribution in [0.15, 0.2) is 6.07 Å². The number of rotatable bonds is 3. The average molecular weight is 360 g/mol. The van der Waals surface area contributed by atoms with Crippen LogP contribution in [0.1, 0.15) is 29.7 Å². The van der Waals surface area contributed by atoms with Crippen molar-refractivity contribution < 1.29 is 9.59 Å². The Labute approximate surface area is 149 Å². The zero-order chi connectivity index (χ0) is 17.6. The topological polar surface area (TPSA) is 84.2 Å². The summed E-state index contributed by atoms with van der Waals surface area (Å²) in [6.45, 7) is 6.25. The van der Waals surface area contributed by atoms with Crippen LogP contribution in [0.4, 0.5) is 5.13 Å². The lowest BCUT2D eigenvalue weighted by Gasteiger charge is -2.29. The first kappa shape index (κ1) is 16.2. The third kappa shape index (κ3) is 2.92. The van der Waals surface area contributed by atoms with Gasteiger partial charge in [0.05, 0.1) is 30.4 Å². The molecule has 0 saturated carbocycles.